The van der Waals surface area contributed by atoms with Crippen LogP contribution in [0.3, 0.4) is 0 Å². The van der Waals surface area contributed by atoms with Gasteiger partial charge in [0.05, 0.1) is 0 Å². The van der Waals surface area contributed by atoms with Gasteiger partial charge < -0.3 is 24.7 Å². The smallest absolute Gasteiger partial charge is 0.365 e. The van der Waals surface area contributed by atoms with Crippen molar-refractivity contribution < 1.29 is 83.9 Å². The van der Waals surface area contributed by atoms with Crippen LogP contribution in [0.4, 0.5) is 10.2 Å². The lowest BCUT2D eigenvalue weighted by Gasteiger charge is -2.40. The van der Waals surface area contributed by atoms with Crippen LogP contribution in [0.1, 0.15) is 0 Å². The van der Waals surface area contributed by atoms with Gasteiger partial charge in [-0.05, 0) is 0 Å². The van der Waals surface area contributed by atoms with Crippen LogP contribution in [0.2, 0.25) is 0 Å². The van der Waals surface area contributed by atoms with Crippen molar-refractivity contribution in [1.29, 1.82) is 0 Å². The molecule has 3 N–H and O–H groups in total. The number of hydrogen-bond acceptors (Lipinski definition) is 21. The molecule has 2 aromatic heterocycles. The fourth-order valence-electron chi connectivity index (χ4n) is 4.48. The van der Waals surface area contributed by atoms with E-state index in [2.05, 4.69) is 24.0 Å². The number of nitrogens with zero attached hydrogens (tertiary/aromatic N) is 5. The van der Waals surface area contributed by atoms with Crippen LogP contribution in [-0.4, -0.2) is 64.3 Å². The summed E-state index contributed by atoms with van der Waals surface area (Å²) in [5.41, 5.74) is -1.05. The largest absolute Gasteiger partial charge is 0.580 e. The van der Waals surface area contributed by atoms with Crippen LogP contribution < -0.4 is 14.6 Å². The molecule has 22 nitrogen and oxygen atoms in total. The van der Waals surface area contributed by atoms with Crippen LogP contribution >= 0.6 is 23.5 Å². The van der Waals surface area contributed by atoms with E-state index in [4.69, 9.17) is 41.4 Å². The number of phosphoric acid groups is 3. The van der Waals surface area contributed by atoms with Crippen molar-refractivity contribution in [3.05, 3.63) is 6.08 Å². The van der Waals surface area contributed by atoms with Crippen molar-refractivity contribution in [2.45, 2.75) is 29.3 Å². The van der Waals surface area contributed by atoms with Gasteiger partial charge in [0, 0.05) is 0 Å². The van der Waals surface area contributed by atoms with E-state index in [0.717, 1.165) is 0 Å². The predicted molar refractivity (Wildman–Crippen MR) is 87.9 cm³/mol. The minimum Gasteiger partial charge on any atom is -0.365 e. The van der Waals surface area contributed by atoms with Gasteiger partial charge in [0.1, 0.15) is 0 Å². The molecule has 11 rings (SSSR count). The van der Waals surface area contributed by atoms with Crippen LogP contribution in [0.15, 0.2) is 0 Å². The van der Waals surface area contributed by atoms with Gasteiger partial charge in [0.15, 0.2) is 11.2 Å². The Bertz CT molecular complexity index is 1630. The number of imidazole rings is 1. The van der Waals surface area contributed by atoms with E-state index in [1.54, 1.807) is 0 Å². The number of ether oxygens (including phenoxy) is 1. The summed E-state index contributed by atoms with van der Waals surface area (Å²) in [5, 5.41) is 33.6. The first-order valence-electron chi connectivity index (χ1n) is 9.15. The van der Waals surface area contributed by atoms with Gasteiger partial charge in [-0.2, -0.15) is 19.3 Å². The molecule has 9 aliphatic rings. The highest BCUT2D eigenvalue weighted by atomic mass is 31.2. The quantitative estimate of drug-likeness (QED) is 0.267. The summed E-state index contributed by atoms with van der Waals surface area (Å²) in [6.45, 7) is 0. The first kappa shape index (κ1) is 21.1. The monoisotopic (exact) mass is 577 g/mol. The zero-order valence-corrected chi connectivity index (χ0v) is 18.7. The average molecular weight is 577 g/mol. The van der Waals surface area contributed by atoms with Crippen molar-refractivity contribution in [1.82, 2.24) is 19.7 Å². The van der Waals surface area contributed by atoms with E-state index in [0.29, 0.717) is 9.96 Å². The summed E-state index contributed by atoms with van der Waals surface area (Å²) in [7, 11) is -14.0. The van der Waals surface area contributed by atoms with Gasteiger partial charge in [-0.25, -0.2) is 40.8 Å². The Balaban J connectivity index is 1.29. The zero-order valence-electron chi connectivity index (χ0n) is 16.0. The van der Waals surface area contributed by atoms with Crippen molar-refractivity contribution in [3.8, 4) is 6.01 Å². The third-order valence-corrected chi connectivity index (χ3v) is 9.72. The van der Waals surface area contributed by atoms with Crippen molar-refractivity contribution in [2.24, 2.45) is 0 Å². The summed E-state index contributed by atoms with van der Waals surface area (Å²) < 4.78 is 101. The summed E-state index contributed by atoms with van der Waals surface area (Å²) in [4.78, 5) is 16.1. The van der Waals surface area contributed by atoms with Crippen LogP contribution in [0, 0.1) is 6.08 Å². The molecule has 8 bridgehead atoms. The lowest BCUT2D eigenvalue weighted by molar-refractivity contribution is -0.461. The number of rotatable bonds is 2. The lowest BCUT2D eigenvalue weighted by atomic mass is 9.96. The van der Waals surface area contributed by atoms with Gasteiger partial charge >= 0.3 is 64.9 Å². The number of aromatic nitrogens is 4. The number of phosphoric ester groups is 2. The summed E-state index contributed by atoms with van der Waals surface area (Å²) in [6.07, 6.45) is -1.36. The van der Waals surface area contributed by atoms with E-state index >= 15 is 0 Å². The molecule has 5 atom stereocenters. The van der Waals surface area contributed by atoms with E-state index in [9.17, 15) is 33.4 Å². The maximum Gasteiger partial charge on any atom is 0.580 e. The molecule has 0 aliphatic carbocycles. The first-order chi connectivity index (χ1) is 16.7. The van der Waals surface area contributed by atoms with Gasteiger partial charge in [-0.3, -0.25) is 4.74 Å². The molecule has 26 heteroatoms. The molecule has 7 saturated heterocycles. The average Bonchev–Trinajstić information content (AvgIpc) is 3.37. The summed E-state index contributed by atoms with van der Waals surface area (Å²) in [5.74, 6) is -17.7. The highest BCUT2D eigenvalue weighted by Crippen LogP contribution is 2.88. The Morgan fingerprint density at radius 3 is 2.25 bits per heavy atom. The molecule has 11 heterocycles. The number of hydrogen-bond donors (Lipinski definition) is 3. The molecule has 2 aromatic rings. The Morgan fingerprint density at radius 2 is 1.56 bits per heavy atom. The predicted octanol–water partition coefficient (Wildman–Crippen LogP) is -1.65. The fourth-order valence-corrected chi connectivity index (χ4v) is 8.64. The lowest BCUT2D eigenvalue weighted by Crippen LogP contribution is -2.73. The second-order valence-corrected chi connectivity index (χ2v) is 12.1. The van der Waals surface area contributed by atoms with Crippen molar-refractivity contribution in [3.63, 3.8) is 0 Å². The number of aliphatic hydroxyl groups is 3. The SMILES string of the molecule is O=P12Oc3nc4nc(F)nc(c4n3O[C@@]34OP5(=O)O[C@]3(O)O[C@@]3(OP6(=O)OC3(O)O6)[C@]4(O)O5)N(O1)O2. The third-order valence-electron chi connectivity index (χ3n) is 5.77. The maximum absolute atomic E-state index is 14.0. The second-order valence-electron chi connectivity index (χ2n) is 7.81. The molecule has 1 spiro atoms. The Kier molecular flexibility index (Phi) is 3.03. The standard InChI is InChI=1S/C10H3FN5O17P3/c11-4-12-2-1-3(14-4)16-32-34(20,33-16)23-5(13-2)15(1)25-8-6(17)7(10(19)30-36(22,27-7)31-10)24-9(8,18)29-35(21,26-6)28-8/h17-19H/t6-,7+,8-,9+,10?,35?,36?/m0/s1. The molecule has 9 aliphatic heterocycles. The molecule has 192 valence electrons. The molecule has 7 fully saturated rings. The number of anilines is 1. The topological polar surface area (TPSA) is 260 Å². The van der Waals surface area contributed by atoms with E-state index < -0.39 is 81.8 Å². The molecule has 0 aromatic carbocycles. The molecular formula is C10H3FN5O17P3. The normalized spacial score (nSPS) is 51.8. The van der Waals surface area contributed by atoms with E-state index in [1.165, 1.54) is 0 Å². The third kappa shape index (κ3) is 1.89. The molecule has 1 unspecified atom stereocenters. The number of fused-ring (bicyclic) bond motifs is 1. The van der Waals surface area contributed by atoms with Gasteiger partial charge in [-0.15, -0.1) is 14.0 Å². The molecule has 0 radical (unpaired) electrons. The number of halogens is 1. The highest BCUT2D eigenvalue weighted by molar-refractivity contribution is 7.50. The molecule has 0 amide bonds. The molecule has 0 saturated carbocycles. The van der Waals surface area contributed by atoms with Gasteiger partial charge in [-0.1, -0.05) is 5.23 Å². The summed E-state index contributed by atoms with van der Waals surface area (Å²) in [6, 6.07) is -0.892. The molecular weight excluding hydrogens is 574 g/mol. The van der Waals surface area contributed by atoms with Gasteiger partial charge in [0.25, 0.3) is 0 Å². The first-order valence-corrected chi connectivity index (χ1v) is 13.5. The zero-order chi connectivity index (χ0) is 24.9. The second kappa shape index (κ2) is 5.18. The Labute approximate surface area is 191 Å². The van der Waals surface area contributed by atoms with Crippen LogP contribution in [0.5, 0.6) is 6.01 Å². The Morgan fingerprint density at radius 1 is 0.861 bits per heavy atom. The van der Waals surface area contributed by atoms with E-state index in [1.807, 2.05) is 0 Å². The highest BCUT2D eigenvalue weighted by Gasteiger charge is 3.07. The van der Waals surface area contributed by atoms with Crippen LogP contribution in [-0.2, 0) is 54.8 Å². The van der Waals surface area contributed by atoms with Gasteiger partial charge in [0.2, 0.25) is 5.82 Å². The summed E-state index contributed by atoms with van der Waals surface area (Å²) >= 11 is 0. The van der Waals surface area contributed by atoms with Crippen molar-refractivity contribution >= 4 is 40.4 Å². The maximum atomic E-state index is 14.0. The molecule has 36 heavy (non-hydrogen) atoms. The Hall–Kier alpha value is -1.91. The van der Waals surface area contributed by atoms with Crippen molar-refractivity contribution in [2.75, 3.05) is 5.23 Å². The minimum atomic E-state index is -5.02. The minimum absolute atomic E-state index is 0.346. The van der Waals surface area contributed by atoms with Crippen LogP contribution in [0.25, 0.3) is 11.2 Å². The fraction of sp³-hybridized carbons (Fsp3) is 0.500. The van der Waals surface area contributed by atoms with E-state index in [-0.39, 0.29) is 0 Å².